The number of amides is 1. The first-order valence-corrected chi connectivity index (χ1v) is 8.14. The summed E-state index contributed by atoms with van der Waals surface area (Å²) in [5, 5.41) is 5.52. The molecule has 8 heteroatoms. The van der Waals surface area contributed by atoms with Gasteiger partial charge in [-0.3, -0.25) is 9.69 Å². The average Bonchev–Trinajstić information content (AvgIpc) is 2.91. The van der Waals surface area contributed by atoms with Crippen LogP contribution in [0, 0.1) is 6.92 Å². The highest BCUT2D eigenvalue weighted by molar-refractivity contribution is 7.09. The van der Waals surface area contributed by atoms with E-state index in [9.17, 15) is 18.0 Å². The third-order valence-electron chi connectivity index (χ3n) is 3.60. The Morgan fingerprint density at radius 1 is 1.33 bits per heavy atom. The van der Waals surface area contributed by atoms with Crippen molar-refractivity contribution in [2.75, 3.05) is 12.4 Å². The number of aromatic nitrogens is 1. The van der Waals surface area contributed by atoms with Gasteiger partial charge in [0, 0.05) is 17.6 Å². The van der Waals surface area contributed by atoms with Crippen molar-refractivity contribution in [3.8, 4) is 0 Å². The number of alkyl halides is 3. The van der Waals surface area contributed by atoms with Crippen molar-refractivity contribution < 1.29 is 18.0 Å². The maximum Gasteiger partial charge on any atom is 0.416 e. The number of hydrogen-bond acceptors (Lipinski definition) is 4. The molecule has 0 aliphatic rings. The lowest BCUT2D eigenvalue weighted by atomic mass is 10.2. The number of likely N-dealkylation sites (N-methyl/N-ethyl adjacent to an activating group) is 1. The molecule has 1 aromatic heterocycles. The van der Waals surface area contributed by atoms with Crippen molar-refractivity contribution >= 4 is 22.9 Å². The highest BCUT2D eigenvalue weighted by Gasteiger charge is 2.30. The van der Waals surface area contributed by atoms with E-state index in [4.69, 9.17) is 0 Å². The van der Waals surface area contributed by atoms with Crippen molar-refractivity contribution in [1.82, 2.24) is 9.88 Å². The Hall–Kier alpha value is -1.93. The van der Waals surface area contributed by atoms with Gasteiger partial charge >= 0.3 is 6.18 Å². The minimum Gasteiger partial charge on any atom is -0.325 e. The zero-order valence-corrected chi connectivity index (χ0v) is 14.3. The van der Waals surface area contributed by atoms with Gasteiger partial charge in [0.25, 0.3) is 0 Å². The molecular weight excluding hydrogens is 339 g/mol. The maximum absolute atomic E-state index is 12.5. The lowest BCUT2D eigenvalue weighted by Crippen LogP contribution is -2.39. The van der Waals surface area contributed by atoms with E-state index in [-0.39, 0.29) is 5.91 Å². The van der Waals surface area contributed by atoms with E-state index in [1.807, 2.05) is 17.2 Å². The SMILES string of the molecule is Cc1nc(CN(C)C(C)C(=O)Nc2ccc(C(F)(F)F)cc2)cs1. The molecule has 1 atom stereocenters. The molecule has 2 aromatic rings. The van der Waals surface area contributed by atoms with Crippen molar-refractivity contribution in [2.24, 2.45) is 0 Å². The topological polar surface area (TPSA) is 45.2 Å². The summed E-state index contributed by atoms with van der Waals surface area (Å²) in [7, 11) is 1.80. The number of carbonyl (C=O) groups excluding carboxylic acids is 1. The highest BCUT2D eigenvalue weighted by atomic mass is 32.1. The number of anilines is 1. The number of hydrogen-bond donors (Lipinski definition) is 1. The van der Waals surface area contributed by atoms with Crippen LogP contribution >= 0.6 is 11.3 Å². The summed E-state index contributed by atoms with van der Waals surface area (Å²) >= 11 is 1.54. The molecular formula is C16H18F3N3OS. The van der Waals surface area contributed by atoms with Crippen LogP contribution in [-0.2, 0) is 17.5 Å². The van der Waals surface area contributed by atoms with Crippen molar-refractivity contribution in [1.29, 1.82) is 0 Å². The van der Waals surface area contributed by atoms with Crippen molar-refractivity contribution in [3.05, 3.63) is 45.9 Å². The summed E-state index contributed by atoms with van der Waals surface area (Å²) in [5.74, 6) is -0.288. The molecule has 130 valence electrons. The van der Waals surface area contributed by atoms with Gasteiger partial charge in [-0.15, -0.1) is 11.3 Å². The van der Waals surface area contributed by atoms with Gasteiger partial charge in [-0.1, -0.05) is 0 Å². The van der Waals surface area contributed by atoms with Crippen LogP contribution < -0.4 is 5.32 Å². The molecule has 0 fully saturated rings. The van der Waals surface area contributed by atoms with Crippen LogP contribution in [-0.4, -0.2) is 28.9 Å². The van der Waals surface area contributed by atoms with Gasteiger partial charge in [0.1, 0.15) is 0 Å². The summed E-state index contributed by atoms with van der Waals surface area (Å²) < 4.78 is 37.6. The molecule has 0 saturated carbocycles. The van der Waals surface area contributed by atoms with Crippen LogP contribution in [0.3, 0.4) is 0 Å². The molecule has 0 saturated heterocycles. The molecule has 1 amide bonds. The van der Waals surface area contributed by atoms with Crippen LogP contribution in [0.1, 0.15) is 23.2 Å². The fraction of sp³-hybridized carbons (Fsp3) is 0.375. The van der Waals surface area contributed by atoms with E-state index >= 15 is 0 Å². The lowest BCUT2D eigenvalue weighted by Gasteiger charge is -2.23. The second kappa shape index (κ2) is 7.31. The van der Waals surface area contributed by atoms with Gasteiger partial charge in [0.2, 0.25) is 5.91 Å². The first-order valence-electron chi connectivity index (χ1n) is 7.26. The van der Waals surface area contributed by atoms with E-state index in [2.05, 4.69) is 10.3 Å². The molecule has 2 rings (SSSR count). The van der Waals surface area contributed by atoms with Crippen LogP contribution in [0.5, 0.6) is 0 Å². The Morgan fingerprint density at radius 2 is 1.96 bits per heavy atom. The number of rotatable bonds is 5. The number of nitrogens with one attached hydrogen (secondary N) is 1. The third-order valence-corrected chi connectivity index (χ3v) is 4.42. The van der Waals surface area contributed by atoms with Gasteiger partial charge in [-0.25, -0.2) is 4.98 Å². The Kier molecular flexibility index (Phi) is 5.61. The smallest absolute Gasteiger partial charge is 0.325 e. The van der Waals surface area contributed by atoms with E-state index in [1.54, 1.807) is 25.3 Å². The number of halogens is 3. The van der Waals surface area contributed by atoms with E-state index < -0.39 is 17.8 Å². The third kappa shape index (κ3) is 4.78. The highest BCUT2D eigenvalue weighted by Crippen LogP contribution is 2.29. The molecule has 1 unspecified atom stereocenters. The number of carbonyl (C=O) groups is 1. The molecule has 0 spiro atoms. The normalized spacial score (nSPS) is 13.1. The van der Waals surface area contributed by atoms with Gasteiger partial charge in [0.05, 0.1) is 22.3 Å². The predicted octanol–water partition coefficient (Wildman–Crippen LogP) is 3.93. The van der Waals surface area contributed by atoms with E-state index in [0.717, 1.165) is 22.8 Å². The Morgan fingerprint density at radius 3 is 2.46 bits per heavy atom. The zero-order chi connectivity index (χ0) is 17.9. The van der Waals surface area contributed by atoms with E-state index in [0.29, 0.717) is 12.2 Å². The zero-order valence-electron chi connectivity index (χ0n) is 13.5. The molecule has 1 aromatic carbocycles. The molecule has 0 radical (unpaired) electrons. The molecule has 4 nitrogen and oxygen atoms in total. The predicted molar refractivity (Wildman–Crippen MR) is 87.9 cm³/mol. The Labute approximate surface area is 142 Å². The van der Waals surface area contributed by atoms with Crippen LogP contribution in [0.15, 0.2) is 29.6 Å². The maximum atomic E-state index is 12.5. The van der Waals surface area contributed by atoms with E-state index in [1.165, 1.54) is 12.1 Å². The molecule has 0 bridgehead atoms. The van der Waals surface area contributed by atoms with Crippen LogP contribution in [0.4, 0.5) is 18.9 Å². The quantitative estimate of drug-likeness (QED) is 0.882. The average molecular weight is 357 g/mol. The molecule has 1 N–H and O–H groups in total. The monoisotopic (exact) mass is 357 g/mol. The van der Waals surface area contributed by atoms with Crippen LogP contribution in [0.25, 0.3) is 0 Å². The number of aryl methyl sites for hydroxylation is 1. The molecule has 0 aliphatic heterocycles. The fourth-order valence-electron chi connectivity index (χ4n) is 2.06. The van der Waals surface area contributed by atoms with Gasteiger partial charge in [0.15, 0.2) is 0 Å². The van der Waals surface area contributed by atoms with Gasteiger partial charge in [-0.05, 0) is 45.2 Å². The number of thiazole rings is 1. The minimum absolute atomic E-state index is 0.288. The second-order valence-electron chi connectivity index (χ2n) is 5.51. The Balaban J connectivity index is 1.95. The molecule has 1 heterocycles. The summed E-state index contributed by atoms with van der Waals surface area (Å²) in [6, 6.07) is 3.94. The van der Waals surface area contributed by atoms with Crippen molar-refractivity contribution in [2.45, 2.75) is 32.6 Å². The van der Waals surface area contributed by atoms with Gasteiger partial charge < -0.3 is 5.32 Å². The summed E-state index contributed by atoms with van der Waals surface area (Å²) in [6.45, 7) is 4.17. The van der Waals surface area contributed by atoms with Crippen molar-refractivity contribution in [3.63, 3.8) is 0 Å². The largest absolute Gasteiger partial charge is 0.416 e. The van der Waals surface area contributed by atoms with Gasteiger partial charge in [-0.2, -0.15) is 13.2 Å². The standard InChI is InChI=1S/C16H18F3N3OS/c1-10(22(3)8-14-9-24-11(2)20-14)15(23)21-13-6-4-12(5-7-13)16(17,18)19/h4-7,9-10H,8H2,1-3H3,(H,21,23). The number of nitrogens with zero attached hydrogens (tertiary/aromatic N) is 2. The summed E-state index contributed by atoms with van der Waals surface area (Å²) in [4.78, 5) is 18.4. The summed E-state index contributed by atoms with van der Waals surface area (Å²) in [6.07, 6.45) is -4.39. The minimum atomic E-state index is -4.39. The first-order chi connectivity index (χ1) is 11.2. The molecule has 24 heavy (non-hydrogen) atoms. The lowest BCUT2D eigenvalue weighted by molar-refractivity contribution is -0.137. The first kappa shape index (κ1) is 18.4. The second-order valence-corrected chi connectivity index (χ2v) is 6.58. The summed E-state index contributed by atoms with van der Waals surface area (Å²) in [5.41, 5.74) is 0.469. The fourth-order valence-corrected chi connectivity index (χ4v) is 2.67. The number of benzene rings is 1. The molecule has 0 aliphatic carbocycles. The van der Waals surface area contributed by atoms with Crippen LogP contribution in [0.2, 0.25) is 0 Å². The Bertz CT molecular complexity index is 697.